The van der Waals surface area contributed by atoms with Gasteiger partial charge in [-0.05, 0) is 24.2 Å². The Morgan fingerprint density at radius 3 is 2.45 bits per heavy atom. The molecule has 0 aromatic rings. The molecule has 0 aliphatic heterocycles. The highest BCUT2D eigenvalue weighted by Crippen LogP contribution is 2.56. The molecule has 0 N–H and O–H groups in total. The first-order valence-electron chi connectivity index (χ1n) is 5.23. The molecule has 1 saturated carbocycles. The van der Waals surface area contributed by atoms with E-state index in [1.165, 1.54) is 38.5 Å². The molecule has 0 spiro atoms. The molecule has 0 aromatic carbocycles. The van der Waals surface area contributed by atoms with E-state index in [4.69, 9.17) is 0 Å². The second-order valence-electron chi connectivity index (χ2n) is 4.40. The molecule has 0 saturated heterocycles. The summed E-state index contributed by atoms with van der Waals surface area (Å²) in [6, 6.07) is 0. The first-order chi connectivity index (χ1) is 5.23. The van der Waals surface area contributed by atoms with Crippen molar-refractivity contribution < 1.29 is 0 Å². The van der Waals surface area contributed by atoms with E-state index in [-0.39, 0.29) is 0 Å². The van der Waals surface area contributed by atoms with Crippen LogP contribution in [-0.2, 0) is 0 Å². The van der Waals surface area contributed by atoms with Gasteiger partial charge in [0.05, 0.1) is 0 Å². The standard InChI is InChI=1S/C11H22/c1-4-6-7-8-10-9-11(10,3)5-2/h10H,4-9H2,1-3H3. The summed E-state index contributed by atoms with van der Waals surface area (Å²) in [5.41, 5.74) is 0.758. The zero-order chi connectivity index (χ0) is 8.32. The van der Waals surface area contributed by atoms with Gasteiger partial charge in [0.15, 0.2) is 0 Å². The smallest absolute Gasteiger partial charge is 0.0297 e. The van der Waals surface area contributed by atoms with Crippen LogP contribution < -0.4 is 0 Å². The Balaban J connectivity index is 2.04. The van der Waals surface area contributed by atoms with Crippen LogP contribution >= 0.6 is 0 Å². The number of hydrogen-bond donors (Lipinski definition) is 0. The third-order valence-electron chi connectivity index (χ3n) is 3.50. The molecule has 2 atom stereocenters. The summed E-state index contributed by atoms with van der Waals surface area (Å²) >= 11 is 0. The predicted molar refractivity (Wildman–Crippen MR) is 50.6 cm³/mol. The van der Waals surface area contributed by atoms with Crippen molar-refractivity contribution in [3.63, 3.8) is 0 Å². The summed E-state index contributed by atoms with van der Waals surface area (Å²) in [5.74, 6) is 1.08. The molecule has 0 bridgehead atoms. The molecule has 0 nitrogen and oxygen atoms in total. The lowest BCUT2D eigenvalue weighted by Gasteiger charge is -2.06. The highest BCUT2D eigenvalue weighted by atomic mass is 14.5. The molecule has 1 rings (SSSR count). The zero-order valence-electron chi connectivity index (χ0n) is 8.32. The number of rotatable bonds is 5. The summed E-state index contributed by atoms with van der Waals surface area (Å²) in [6.45, 7) is 7.06. The van der Waals surface area contributed by atoms with Gasteiger partial charge in [-0.1, -0.05) is 46.5 Å². The highest BCUT2D eigenvalue weighted by Gasteiger charge is 2.46. The monoisotopic (exact) mass is 154 g/mol. The maximum atomic E-state index is 2.45. The van der Waals surface area contributed by atoms with Crippen molar-refractivity contribution in [2.75, 3.05) is 0 Å². The molecule has 0 heterocycles. The first-order valence-corrected chi connectivity index (χ1v) is 5.23. The maximum Gasteiger partial charge on any atom is -0.0297 e. The largest absolute Gasteiger partial charge is 0.0654 e. The van der Waals surface area contributed by atoms with Gasteiger partial charge in [0.1, 0.15) is 0 Å². The molecule has 66 valence electrons. The molecule has 1 aliphatic carbocycles. The van der Waals surface area contributed by atoms with Crippen molar-refractivity contribution in [3.8, 4) is 0 Å². The zero-order valence-corrected chi connectivity index (χ0v) is 8.32. The van der Waals surface area contributed by atoms with E-state index >= 15 is 0 Å². The van der Waals surface area contributed by atoms with Gasteiger partial charge in [0, 0.05) is 0 Å². The minimum Gasteiger partial charge on any atom is -0.0654 e. The average molecular weight is 154 g/mol. The number of unbranched alkanes of at least 4 members (excludes halogenated alkanes) is 2. The molecule has 1 aliphatic rings. The Kier molecular flexibility index (Phi) is 2.98. The summed E-state index contributed by atoms with van der Waals surface area (Å²) in [6.07, 6.45) is 8.68. The van der Waals surface area contributed by atoms with Crippen LogP contribution in [-0.4, -0.2) is 0 Å². The lowest BCUT2D eigenvalue weighted by atomic mass is 10.00. The summed E-state index contributed by atoms with van der Waals surface area (Å²) in [5, 5.41) is 0. The van der Waals surface area contributed by atoms with Crippen molar-refractivity contribution in [2.45, 2.75) is 59.3 Å². The fraction of sp³-hybridized carbons (Fsp3) is 1.00. The van der Waals surface area contributed by atoms with E-state index in [0.717, 1.165) is 11.3 Å². The Labute approximate surface area is 71.4 Å². The molecule has 0 aromatic heterocycles. The first kappa shape index (κ1) is 9.09. The van der Waals surface area contributed by atoms with Crippen molar-refractivity contribution >= 4 is 0 Å². The quantitative estimate of drug-likeness (QED) is 0.525. The van der Waals surface area contributed by atoms with Crippen LogP contribution in [0.5, 0.6) is 0 Å². The third-order valence-corrected chi connectivity index (χ3v) is 3.50. The Bertz CT molecular complexity index is 117. The molecule has 1 fully saturated rings. The SMILES string of the molecule is CCCCCC1CC1(C)CC. The van der Waals surface area contributed by atoms with Gasteiger partial charge in [-0.25, -0.2) is 0 Å². The second-order valence-corrected chi connectivity index (χ2v) is 4.40. The summed E-state index contributed by atoms with van der Waals surface area (Å²) in [7, 11) is 0. The topological polar surface area (TPSA) is 0 Å². The molecule has 2 unspecified atom stereocenters. The molecule has 0 amide bonds. The van der Waals surface area contributed by atoms with Crippen molar-refractivity contribution in [3.05, 3.63) is 0 Å². The lowest BCUT2D eigenvalue weighted by molar-refractivity contribution is 0.455. The van der Waals surface area contributed by atoms with Gasteiger partial charge in [-0.15, -0.1) is 0 Å². The normalized spacial score (nSPS) is 35.7. The molecular formula is C11H22. The van der Waals surface area contributed by atoms with E-state index in [1.54, 1.807) is 0 Å². The van der Waals surface area contributed by atoms with Crippen LogP contribution in [0.3, 0.4) is 0 Å². The minimum atomic E-state index is 0.758. The predicted octanol–water partition coefficient (Wildman–Crippen LogP) is 4.00. The van der Waals surface area contributed by atoms with Gasteiger partial charge in [-0.2, -0.15) is 0 Å². The van der Waals surface area contributed by atoms with Crippen LogP contribution in [0.4, 0.5) is 0 Å². The fourth-order valence-corrected chi connectivity index (χ4v) is 2.03. The Morgan fingerprint density at radius 1 is 1.27 bits per heavy atom. The average Bonchev–Trinajstić information content (AvgIpc) is 2.64. The van der Waals surface area contributed by atoms with Crippen LogP contribution in [0.2, 0.25) is 0 Å². The summed E-state index contributed by atoms with van der Waals surface area (Å²) in [4.78, 5) is 0. The van der Waals surface area contributed by atoms with Gasteiger partial charge in [0.25, 0.3) is 0 Å². The molecular weight excluding hydrogens is 132 g/mol. The van der Waals surface area contributed by atoms with Crippen LogP contribution in [0, 0.1) is 11.3 Å². The van der Waals surface area contributed by atoms with Crippen LogP contribution in [0.15, 0.2) is 0 Å². The maximum absolute atomic E-state index is 2.45. The molecule has 0 heteroatoms. The van der Waals surface area contributed by atoms with Gasteiger partial charge in [-0.3, -0.25) is 0 Å². The van der Waals surface area contributed by atoms with E-state index < -0.39 is 0 Å². The van der Waals surface area contributed by atoms with Crippen molar-refractivity contribution in [1.82, 2.24) is 0 Å². The van der Waals surface area contributed by atoms with Crippen LogP contribution in [0.1, 0.15) is 59.3 Å². The Hall–Kier alpha value is 0. The highest BCUT2D eigenvalue weighted by molar-refractivity contribution is 4.97. The van der Waals surface area contributed by atoms with Crippen LogP contribution in [0.25, 0.3) is 0 Å². The molecule has 11 heavy (non-hydrogen) atoms. The van der Waals surface area contributed by atoms with Crippen molar-refractivity contribution in [2.24, 2.45) is 11.3 Å². The van der Waals surface area contributed by atoms with Gasteiger partial charge < -0.3 is 0 Å². The Morgan fingerprint density at radius 2 is 2.00 bits per heavy atom. The molecule has 0 radical (unpaired) electrons. The van der Waals surface area contributed by atoms with E-state index in [2.05, 4.69) is 20.8 Å². The minimum absolute atomic E-state index is 0.758. The van der Waals surface area contributed by atoms with Gasteiger partial charge in [0.2, 0.25) is 0 Å². The van der Waals surface area contributed by atoms with E-state index in [0.29, 0.717) is 0 Å². The van der Waals surface area contributed by atoms with E-state index in [9.17, 15) is 0 Å². The fourth-order valence-electron chi connectivity index (χ4n) is 2.03. The lowest BCUT2D eigenvalue weighted by Crippen LogP contribution is -1.94. The summed E-state index contributed by atoms with van der Waals surface area (Å²) < 4.78 is 0. The van der Waals surface area contributed by atoms with E-state index in [1.807, 2.05) is 0 Å². The number of hydrogen-bond acceptors (Lipinski definition) is 0. The van der Waals surface area contributed by atoms with Crippen molar-refractivity contribution in [1.29, 1.82) is 0 Å². The third kappa shape index (κ3) is 2.21. The van der Waals surface area contributed by atoms with Gasteiger partial charge >= 0.3 is 0 Å². The second kappa shape index (κ2) is 3.60.